The Bertz CT molecular complexity index is 273. The molecular formula is C16H29N. The molecule has 3 atom stereocenters. The van der Waals surface area contributed by atoms with Gasteiger partial charge in [-0.25, -0.2) is 0 Å². The van der Waals surface area contributed by atoms with E-state index < -0.39 is 0 Å². The van der Waals surface area contributed by atoms with E-state index in [2.05, 4.69) is 19.6 Å². The van der Waals surface area contributed by atoms with Crippen molar-refractivity contribution in [3.63, 3.8) is 0 Å². The quantitative estimate of drug-likeness (QED) is 0.707. The van der Waals surface area contributed by atoms with E-state index in [4.69, 9.17) is 5.73 Å². The van der Waals surface area contributed by atoms with E-state index in [0.29, 0.717) is 10.8 Å². The van der Waals surface area contributed by atoms with E-state index in [0.717, 1.165) is 12.5 Å². The molecule has 0 aromatic rings. The van der Waals surface area contributed by atoms with Gasteiger partial charge in [-0.3, -0.25) is 0 Å². The van der Waals surface area contributed by atoms with Crippen molar-refractivity contribution in [2.75, 3.05) is 6.54 Å². The third kappa shape index (κ3) is 2.93. The Morgan fingerprint density at radius 1 is 1.35 bits per heavy atom. The molecule has 2 fully saturated rings. The summed E-state index contributed by atoms with van der Waals surface area (Å²) in [6.07, 6.45) is 14.6. The van der Waals surface area contributed by atoms with Gasteiger partial charge in [0.05, 0.1) is 0 Å². The highest BCUT2D eigenvalue weighted by Crippen LogP contribution is 2.58. The highest BCUT2D eigenvalue weighted by molar-refractivity contribution is 4.99. The third-order valence-corrected chi connectivity index (χ3v) is 5.25. The maximum Gasteiger partial charge on any atom is -0.00721 e. The second kappa shape index (κ2) is 5.14. The van der Waals surface area contributed by atoms with Crippen LogP contribution in [0.3, 0.4) is 0 Å². The van der Waals surface area contributed by atoms with Gasteiger partial charge < -0.3 is 5.73 Å². The summed E-state index contributed by atoms with van der Waals surface area (Å²) in [7, 11) is 0. The van der Waals surface area contributed by atoms with Gasteiger partial charge in [-0.1, -0.05) is 25.8 Å². The zero-order valence-electron chi connectivity index (χ0n) is 11.5. The van der Waals surface area contributed by atoms with Gasteiger partial charge in [0, 0.05) is 0 Å². The molecular weight excluding hydrogens is 206 g/mol. The minimum atomic E-state index is 0.527. The molecule has 0 radical (unpaired) electrons. The minimum Gasteiger partial charge on any atom is -0.330 e. The molecule has 0 aromatic heterocycles. The first-order chi connectivity index (χ1) is 8.11. The van der Waals surface area contributed by atoms with Crippen LogP contribution >= 0.6 is 0 Å². The van der Waals surface area contributed by atoms with Gasteiger partial charge in [-0.05, 0) is 68.2 Å². The second-order valence-electron chi connectivity index (χ2n) is 7.02. The Labute approximate surface area is 107 Å². The number of rotatable bonds is 5. The molecule has 2 aliphatic carbocycles. The molecule has 0 spiro atoms. The Kier molecular flexibility index (Phi) is 3.97. The van der Waals surface area contributed by atoms with Gasteiger partial charge in [0.25, 0.3) is 0 Å². The normalized spacial score (nSPS) is 41.2. The molecule has 2 aliphatic rings. The van der Waals surface area contributed by atoms with Crippen molar-refractivity contribution in [3.05, 3.63) is 12.7 Å². The average Bonchev–Trinajstić information content (AvgIpc) is 2.25. The number of fused-ring (bicyclic) bond motifs is 2. The minimum absolute atomic E-state index is 0.527. The second-order valence-corrected chi connectivity index (χ2v) is 7.02. The first-order valence-electron chi connectivity index (χ1n) is 7.42. The van der Waals surface area contributed by atoms with Crippen LogP contribution in [0.25, 0.3) is 0 Å². The highest BCUT2D eigenvalue weighted by Gasteiger charge is 2.46. The molecule has 0 saturated heterocycles. The summed E-state index contributed by atoms with van der Waals surface area (Å²) in [4.78, 5) is 0. The standard InChI is InChI=1S/C16H29N/c1-3-4-7-16-8-5-6-14(12-16)11-15(2,13-16)9-10-17/h3,14H,1,4-13,17H2,2H3. The van der Waals surface area contributed by atoms with Crippen LogP contribution in [0, 0.1) is 16.7 Å². The molecule has 2 bridgehead atoms. The van der Waals surface area contributed by atoms with Gasteiger partial charge in [-0.15, -0.1) is 6.58 Å². The highest BCUT2D eigenvalue weighted by atomic mass is 14.6. The van der Waals surface area contributed by atoms with Crippen LogP contribution in [-0.4, -0.2) is 6.54 Å². The van der Waals surface area contributed by atoms with Crippen molar-refractivity contribution in [3.8, 4) is 0 Å². The summed E-state index contributed by atoms with van der Waals surface area (Å²) in [6.45, 7) is 7.25. The van der Waals surface area contributed by atoms with Crippen molar-refractivity contribution >= 4 is 0 Å². The van der Waals surface area contributed by atoms with Crippen molar-refractivity contribution < 1.29 is 0 Å². The summed E-state index contributed by atoms with van der Waals surface area (Å²) in [5.74, 6) is 0.985. The molecule has 0 amide bonds. The topological polar surface area (TPSA) is 26.0 Å². The number of hydrogen-bond acceptors (Lipinski definition) is 1. The van der Waals surface area contributed by atoms with Gasteiger partial charge in [0.15, 0.2) is 0 Å². The molecule has 2 N–H and O–H groups in total. The molecule has 98 valence electrons. The first kappa shape index (κ1) is 13.1. The lowest BCUT2D eigenvalue weighted by atomic mass is 9.52. The Morgan fingerprint density at radius 2 is 2.18 bits per heavy atom. The summed E-state index contributed by atoms with van der Waals surface area (Å²) in [6, 6.07) is 0. The van der Waals surface area contributed by atoms with Crippen LogP contribution in [0.15, 0.2) is 12.7 Å². The van der Waals surface area contributed by atoms with Gasteiger partial charge >= 0.3 is 0 Å². The van der Waals surface area contributed by atoms with Crippen molar-refractivity contribution in [2.24, 2.45) is 22.5 Å². The van der Waals surface area contributed by atoms with E-state index in [1.807, 2.05) is 0 Å². The lowest BCUT2D eigenvalue weighted by Gasteiger charge is -2.53. The lowest BCUT2D eigenvalue weighted by Crippen LogP contribution is -2.42. The maximum atomic E-state index is 5.82. The van der Waals surface area contributed by atoms with Crippen LogP contribution in [0.1, 0.15) is 64.7 Å². The van der Waals surface area contributed by atoms with E-state index >= 15 is 0 Å². The third-order valence-electron chi connectivity index (χ3n) is 5.25. The van der Waals surface area contributed by atoms with E-state index in [9.17, 15) is 0 Å². The van der Waals surface area contributed by atoms with Gasteiger partial charge in [0.1, 0.15) is 0 Å². The van der Waals surface area contributed by atoms with Crippen LogP contribution in [-0.2, 0) is 0 Å². The predicted octanol–water partition coefficient (Wildman–Crippen LogP) is 4.28. The molecule has 3 unspecified atom stereocenters. The Hall–Kier alpha value is -0.300. The number of hydrogen-bond donors (Lipinski definition) is 1. The SMILES string of the molecule is C=CCCC12CCCC(CC(C)(CCN)C1)C2. The lowest BCUT2D eigenvalue weighted by molar-refractivity contribution is -0.0169. The summed E-state index contributed by atoms with van der Waals surface area (Å²) >= 11 is 0. The molecule has 0 heterocycles. The fraction of sp³-hybridized carbons (Fsp3) is 0.875. The van der Waals surface area contributed by atoms with E-state index in [1.165, 1.54) is 57.8 Å². The predicted molar refractivity (Wildman–Crippen MR) is 74.8 cm³/mol. The van der Waals surface area contributed by atoms with Gasteiger partial charge in [-0.2, -0.15) is 0 Å². The number of nitrogens with two attached hydrogens (primary N) is 1. The van der Waals surface area contributed by atoms with Crippen LogP contribution in [0.4, 0.5) is 0 Å². The Morgan fingerprint density at radius 3 is 2.88 bits per heavy atom. The summed E-state index contributed by atoms with van der Waals surface area (Å²) in [5, 5.41) is 0. The largest absolute Gasteiger partial charge is 0.330 e. The molecule has 17 heavy (non-hydrogen) atoms. The number of allylic oxidation sites excluding steroid dienone is 1. The zero-order chi connectivity index (χ0) is 12.4. The molecule has 1 nitrogen and oxygen atoms in total. The maximum absolute atomic E-state index is 5.82. The molecule has 2 rings (SSSR count). The van der Waals surface area contributed by atoms with E-state index in [-0.39, 0.29) is 0 Å². The molecule has 2 saturated carbocycles. The van der Waals surface area contributed by atoms with Crippen molar-refractivity contribution in [1.29, 1.82) is 0 Å². The summed E-state index contributed by atoms with van der Waals surface area (Å²) in [5.41, 5.74) is 6.99. The monoisotopic (exact) mass is 235 g/mol. The average molecular weight is 235 g/mol. The smallest absolute Gasteiger partial charge is 0.00721 e. The van der Waals surface area contributed by atoms with E-state index in [1.54, 1.807) is 0 Å². The fourth-order valence-corrected chi connectivity index (χ4v) is 4.85. The van der Waals surface area contributed by atoms with Gasteiger partial charge in [0.2, 0.25) is 0 Å². The Balaban J connectivity index is 2.10. The first-order valence-corrected chi connectivity index (χ1v) is 7.42. The molecule has 0 aliphatic heterocycles. The van der Waals surface area contributed by atoms with Crippen LogP contribution in [0.5, 0.6) is 0 Å². The van der Waals surface area contributed by atoms with Crippen LogP contribution < -0.4 is 5.73 Å². The van der Waals surface area contributed by atoms with Crippen molar-refractivity contribution in [1.82, 2.24) is 0 Å². The summed E-state index contributed by atoms with van der Waals surface area (Å²) < 4.78 is 0. The van der Waals surface area contributed by atoms with Crippen molar-refractivity contribution in [2.45, 2.75) is 64.7 Å². The molecule has 1 heteroatoms. The van der Waals surface area contributed by atoms with Crippen LogP contribution in [0.2, 0.25) is 0 Å². The zero-order valence-corrected chi connectivity index (χ0v) is 11.5. The molecule has 0 aromatic carbocycles. The fourth-order valence-electron chi connectivity index (χ4n) is 4.85.